The quantitative estimate of drug-likeness (QED) is 0.656. The van der Waals surface area contributed by atoms with Crippen molar-refractivity contribution in [3.63, 3.8) is 0 Å². The third kappa shape index (κ3) is 3.79. The van der Waals surface area contributed by atoms with Gasteiger partial charge in [-0.2, -0.15) is 0 Å². The van der Waals surface area contributed by atoms with Crippen LogP contribution >= 0.6 is 0 Å². The minimum atomic E-state index is -3.61. The van der Waals surface area contributed by atoms with Gasteiger partial charge in [0.05, 0.1) is 16.1 Å². The molecule has 6 nitrogen and oxygen atoms in total. The Kier molecular flexibility index (Phi) is 5.11. The van der Waals surface area contributed by atoms with Gasteiger partial charge in [-0.1, -0.05) is 24.3 Å². The highest BCUT2D eigenvalue weighted by Gasteiger charge is 2.14. The van der Waals surface area contributed by atoms with Crippen LogP contribution in [0, 0.1) is 0 Å². The van der Waals surface area contributed by atoms with Crippen molar-refractivity contribution < 1.29 is 13.2 Å². The lowest BCUT2D eigenvalue weighted by molar-refractivity contribution is 0.102. The second kappa shape index (κ2) is 7.47. The lowest BCUT2D eigenvalue weighted by atomic mass is 10.1. The SMILES string of the molecule is C=CCNS(=O)(=O)c1ccc(C(=O)Nc2ccnc3ccccc23)cc1. The zero-order chi connectivity index (χ0) is 18.6. The number of nitrogens with one attached hydrogen (secondary N) is 2. The first-order valence-corrected chi connectivity index (χ1v) is 9.35. The van der Waals surface area contributed by atoms with Crippen molar-refractivity contribution in [3.05, 3.63) is 79.0 Å². The van der Waals surface area contributed by atoms with E-state index in [4.69, 9.17) is 0 Å². The Morgan fingerprint density at radius 3 is 2.54 bits per heavy atom. The second-order valence-electron chi connectivity index (χ2n) is 5.49. The zero-order valence-electron chi connectivity index (χ0n) is 13.8. The fourth-order valence-corrected chi connectivity index (χ4v) is 3.44. The normalized spacial score (nSPS) is 11.2. The van der Waals surface area contributed by atoms with Crippen LogP contribution in [0.25, 0.3) is 10.9 Å². The molecule has 1 heterocycles. The molecule has 1 amide bonds. The van der Waals surface area contributed by atoms with Crippen LogP contribution in [0.3, 0.4) is 0 Å². The summed E-state index contributed by atoms with van der Waals surface area (Å²) in [7, 11) is -3.61. The molecule has 0 unspecified atom stereocenters. The number of pyridine rings is 1. The van der Waals surface area contributed by atoms with Crippen molar-refractivity contribution in [2.75, 3.05) is 11.9 Å². The Hall–Kier alpha value is -3.03. The number of sulfonamides is 1. The number of hydrogen-bond acceptors (Lipinski definition) is 4. The molecule has 0 aliphatic heterocycles. The largest absolute Gasteiger partial charge is 0.321 e. The number of nitrogens with zero attached hydrogens (tertiary/aromatic N) is 1. The van der Waals surface area contributed by atoms with Crippen LogP contribution in [0.4, 0.5) is 5.69 Å². The highest BCUT2D eigenvalue weighted by atomic mass is 32.2. The second-order valence-corrected chi connectivity index (χ2v) is 7.26. The summed E-state index contributed by atoms with van der Waals surface area (Å²) in [5, 5.41) is 3.67. The Labute approximate surface area is 151 Å². The number of carbonyl (C=O) groups is 1. The summed E-state index contributed by atoms with van der Waals surface area (Å²) in [6.07, 6.45) is 3.08. The summed E-state index contributed by atoms with van der Waals surface area (Å²) in [6, 6.07) is 14.9. The first-order chi connectivity index (χ1) is 12.5. The molecule has 0 atom stereocenters. The number of hydrogen-bond donors (Lipinski definition) is 2. The van der Waals surface area contributed by atoms with Gasteiger partial charge in [0.2, 0.25) is 10.0 Å². The molecule has 0 saturated carbocycles. The first kappa shape index (κ1) is 17.8. The molecule has 0 aliphatic carbocycles. The zero-order valence-corrected chi connectivity index (χ0v) is 14.7. The lowest BCUT2D eigenvalue weighted by Gasteiger charge is -2.09. The number of carbonyl (C=O) groups excluding carboxylic acids is 1. The molecule has 2 aromatic carbocycles. The van der Waals surface area contributed by atoms with Crippen LogP contribution in [0.1, 0.15) is 10.4 Å². The van der Waals surface area contributed by atoms with Crippen LogP contribution in [0.5, 0.6) is 0 Å². The van der Waals surface area contributed by atoms with Crippen LogP contribution in [0.15, 0.2) is 78.3 Å². The minimum Gasteiger partial charge on any atom is -0.321 e. The number of aromatic nitrogens is 1. The van der Waals surface area contributed by atoms with Gasteiger partial charge in [-0.25, -0.2) is 13.1 Å². The highest BCUT2D eigenvalue weighted by molar-refractivity contribution is 7.89. The Balaban J connectivity index is 1.81. The van der Waals surface area contributed by atoms with E-state index >= 15 is 0 Å². The van der Waals surface area contributed by atoms with E-state index in [1.54, 1.807) is 12.3 Å². The average molecular weight is 367 g/mol. The van der Waals surface area contributed by atoms with Crippen LogP contribution in [0.2, 0.25) is 0 Å². The molecule has 0 bridgehead atoms. The van der Waals surface area contributed by atoms with Crippen molar-refractivity contribution in [1.29, 1.82) is 0 Å². The van der Waals surface area contributed by atoms with E-state index in [1.807, 2.05) is 24.3 Å². The molecule has 0 spiro atoms. The van der Waals surface area contributed by atoms with Gasteiger partial charge in [-0.15, -0.1) is 6.58 Å². The smallest absolute Gasteiger partial charge is 0.255 e. The van der Waals surface area contributed by atoms with Gasteiger partial charge in [0, 0.05) is 23.7 Å². The summed E-state index contributed by atoms with van der Waals surface area (Å²) in [5.74, 6) is -0.329. The summed E-state index contributed by atoms with van der Waals surface area (Å²) >= 11 is 0. The van der Waals surface area contributed by atoms with E-state index in [0.29, 0.717) is 11.3 Å². The number of benzene rings is 2. The number of anilines is 1. The molecule has 0 fully saturated rings. The van der Waals surface area contributed by atoms with E-state index in [-0.39, 0.29) is 17.3 Å². The van der Waals surface area contributed by atoms with E-state index in [2.05, 4.69) is 21.6 Å². The van der Waals surface area contributed by atoms with Crippen LogP contribution < -0.4 is 10.0 Å². The van der Waals surface area contributed by atoms with Gasteiger partial charge in [-0.3, -0.25) is 9.78 Å². The third-order valence-electron chi connectivity index (χ3n) is 3.74. The molecule has 1 aromatic heterocycles. The molecule has 26 heavy (non-hydrogen) atoms. The van der Waals surface area contributed by atoms with E-state index in [0.717, 1.165) is 10.9 Å². The summed E-state index contributed by atoms with van der Waals surface area (Å²) in [6.45, 7) is 3.61. The molecule has 3 aromatic rings. The van der Waals surface area contributed by atoms with E-state index in [1.165, 1.54) is 30.3 Å². The summed E-state index contributed by atoms with van der Waals surface area (Å²) < 4.78 is 26.5. The van der Waals surface area contributed by atoms with Gasteiger partial charge in [0.1, 0.15) is 0 Å². The number of fused-ring (bicyclic) bond motifs is 1. The highest BCUT2D eigenvalue weighted by Crippen LogP contribution is 2.21. The van der Waals surface area contributed by atoms with Gasteiger partial charge >= 0.3 is 0 Å². The molecule has 132 valence electrons. The summed E-state index contributed by atoms with van der Waals surface area (Å²) in [5.41, 5.74) is 1.78. The first-order valence-electron chi connectivity index (χ1n) is 7.87. The molecular formula is C19H17N3O3S. The van der Waals surface area contributed by atoms with E-state index in [9.17, 15) is 13.2 Å². The van der Waals surface area contributed by atoms with Crippen LogP contribution in [-0.4, -0.2) is 25.9 Å². The molecule has 7 heteroatoms. The minimum absolute atomic E-state index is 0.0882. The van der Waals surface area contributed by atoms with Crippen LogP contribution in [-0.2, 0) is 10.0 Å². The lowest BCUT2D eigenvalue weighted by Crippen LogP contribution is -2.23. The predicted octanol–water partition coefficient (Wildman–Crippen LogP) is 2.95. The predicted molar refractivity (Wildman–Crippen MR) is 102 cm³/mol. The van der Waals surface area contributed by atoms with Gasteiger partial charge in [0.25, 0.3) is 5.91 Å². The fraction of sp³-hybridized carbons (Fsp3) is 0.0526. The Morgan fingerprint density at radius 2 is 1.81 bits per heavy atom. The van der Waals surface area contributed by atoms with Gasteiger partial charge in [-0.05, 0) is 36.4 Å². The van der Waals surface area contributed by atoms with Crippen molar-refractivity contribution in [1.82, 2.24) is 9.71 Å². The molecule has 3 rings (SSSR count). The van der Waals surface area contributed by atoms with E-state index < -0.39 is 10.0 Å². The van der Waals surface area contributed by atoms with Crippen molar-refractivity contribution in [2.45, 2.75) is 4.90 Å². The molecule has 0 radical (unpaired) electrons. The maximum absolute atomic E-state index is 12.5. The van der Waals surface area contributed by atoms with Gasteiger partial charge < -0.3 is 5.32 Å². The average Bonchev–Trinajstić information content (AvgIpc) is 2.67. The third-order valence-corrected chi connectivity index (χ3v) is 5.18. The number of rotatable bonds is 6. The summed E-state index contributed by atoms with van der Waals surface area (Å²) in [4.78, 5) is 16.8. The number of para-hydroxylation sites is 1. The Morgan fingerprint density at radius 1 is 1.08 bits per heavy atom. The number of amides is 1. The molecule has 2 N–H and O–H groups in total. The Bertz CT molecular complexity index is 1060. The molecule has 0 saturated heterocycles. The maximum atomic E-state index is 12.5. The molecular weight excluding hydrogens is 350 g/mol. The van der Waals surface area contributed by atoms with Gasteiger partial charge in [0.15, 0.2) is 0 Å². The maximum Gasteiger partial charge on any atom is 0.255 e. The molecule has 0 aliphatic rings. The van der Waals surface area contributed by atoms with Crippen molar-refractivity contribution >= 4 is 32.5 Å². The topological polar surface area (TPSA) is 88.2 Å². The fourth-order valence-electron chi connectivity index (χ4n) is 2.44. The van der Waals surface area contributed by atoms with Crippen molar-refractivity contribution in [3.8, 4) is 0 Å². The monoisotopic (exact) mass is 367 g/mol. The van der Waals surface area contributed by atoms with Crippen molar-refractivity contribution in [2.24, 2.45) is 0 Å². The standard InChI is InChI=1S/C19H17N3O3S/c1-2-12-21-26(24,25)15-9-7-14(8-10-15)19(23)22-18-11-13-20-17-6-4-3-5-16(17)18/h2-11,13,21H,1,12H2,(H,20,22,23).